The zero-order valence-electron chi connectivity index (χ0n) is 15.0. The van der Waals surface area contributed by atoms with Gasteiger partial charge in [-0.3, -0.25) is 9.59 Å². The summed E-state index contributed by atoms with van der Waals surface area (Å²) in [4.78, 5) is 25.8. The molecule has 6 heteroatoms. The standard InChI is InChI=1S/C20H24O6/c1-10-8-18-9-19(10,24)6-4-11(18)20-7-5-12(21)17(2,16(23)26-20)14(20)13(18)15(22)25-3/h5,7,11-14,21,24H,1,4,6,8-9H2,2-3H3/t11-,12+,13-,14-,17-,18+,19+,20-/m0/s1. The van der Waals surface area contributed by atoms with Crippen LogP contribution in [0.3, 0.4) is 0 Å². The van der Waals surface area contributed by atoms with Crippen LogP contribution in [0.5, 0.6) is 0 Å². The maximum Gasteiger partial charge on any atom is 0.316 e. The van der Waals surface area contributed by atoms with Gasteiger partial charge in [0.05, 0.1) is 24.7 Å². The summed E-state index contributed by atoms with van der Waals surface area (Å²) in [5.41, 5.74) is -2.89. The zero-order valence-corrected chi connectivity index (χ0v) is 15.0. The third kappa shape index (κ3) is 1.43. The molecule has 5 aliphatic rings. The largest absolute Gasteiger partial charge is 0.469 e. The number of hydrogen-bond donors (Lipinski definition) is 2. The summed E-state index contributed by atoms with van der Waals surface area (Å²) in [6.45, 7) is 5.78. The van der Waals surface area contributed by atoms with E-state index in [1.807, 2.05) is 0 Å². The lowest BCUT2D eigenvalue weighted by molar-refractivity contribution is -0.164. The third-order valence-corrected chi connectivity index (χ3v) is 8.31. The van der Waals surface area contributed by atoms with E-state index in [9.17, 15) is 19.8 Å². The van der Waals surface area contributed by atoms with Gasteiger partial charge in [0.25, 0.3) is 0 Å². The van der Waals surface area contributed by atoms with Crippen molar-refractivity contribution in [2.45, 2.75) is 49.9 Å². The van der Waals surface area contributed by atoms with Crippen molar-refractivity contribution in [3.05, 3.63) is 24.3 Å². The molecule has 0 aromatic rings. The first-order valence-corrected chi connectivity index (χ1v) is 9.25. The summed E-state index contributed by atoms with van der Waals surface area (Å²) in [5, 5.41) is 21.7. The quantitative estimate of drug-likeness (QED) is 0.538. The molecule has 0 aromatic carbocycles. The highest BCUT2D eigenvalue weighted by Gasteiger charge is 2.83. The maximum absolute atomic E-state index is 13.0. The molecule has 1 heterocycles. The molecule has 4 bridgehead atoms. The molecule has 8 atom stereocenters. The van der Waals surface area contributed by atoms with E-state index >= 15 is 0 Å². The number of hydrogen-bond acceptors (Lipinski definition) is 6. The number of aliphatic hydroxyl groups excluding tert-OH is 1. The smallest absolute Gasteiger partial charge is 0.316 e. The van der Waals surface area contributed by atoms with Crippen LogP contribution in [-0.4, -0.2) is 46.6 Å². The monoisotopic (exact) mass is 360 g/mol. The number of methoxy groups -OCH3 is 1. The number of ether oxygens (including phenoxy) is 2. The molecule has 1 aliphatic heterocycles. The van der Waals surface area contributed by atoms with Crippen LogP contribution in [0, 0.1) is 28.6 Å². The summed E-state index contributed by atoms with van der Waals surface area (Å²) in [7, 11) is 1.35. The van der Waals surface area contributed by atoms with Crippen molar-refractivity contribution in [2.75, 3.05) is 7.11 Å². The first-order valence-electron chi connectivity index (χ1n) is 9.25. The van der Waals surface area contributed by atoms with Crippen LogP contribution < -0.4 is 0 Å². The molecule has 5 rings (SSSR count). The van der Waals surface area contributed by atoms with Gasteiger partial charge in [0.2, 0.25) is 0 Å². The van der Waals surface area contributed by atoms with Crippen LogP contribution in [0.1, 0.15) is 32.6 Å². The molecule has 0 unspecified atom stereocenters. The zero-order chi connectivity index (χ0) is 18.7. The fraction of sp³-hybridized carbons (Fsp3) is 0.700. The molecule has 4 aliphatic carbocycles. The van der Waals surface area contributed by atoms with Crippen LogP contribution in [-0.2, 0) is 19.1 Å². The number of esters is 2. The second-order valence-corrected chi connectivity index (χ2v) is 9.12. The van der Waals surface area contributed by atoms with Crippen molar-refractivity contribution >= 4 is 11.9 Å². The lowest BCUT2D eigenvalue weighted by Gasteiger charge is -2.44. The topological polar surface area (TPSA) is 93.1 Å². The van der Waals surface area contributed by atoms with E-state index in [0.29, 0.717) is 25.7 Å². The molecule has 4 fully saturated rings. The van der Waals surface area contributed by atoms with Crippen LogP contribution in [0.2, 0.25) is 0 Å². The average molecular weight is 360 g/mol. The van der Waals surface area contributed by atoms with Gasteiger partial charge >= 0.3 is 11.9 Å². The molecule has 26 heavy (non-hydrogen) atoms. The fourth-order valence-electron chi connectivity index (χ4n) is 7.24. The van der Waals surface area contributed by atoms with Gasteiger partial charge in [0.15, 0.2) is 0 Å². The van der Waals surface area contributed by atoms with Crippen LogP contribution in [0.15, 0.2) is 24.3 Å². The molecular weight excluding hydrogens is 336 g/mol. The van der Waals surface area contributed by atoms with Gasteiger partial charge in [-0.15, -0.1) is 0 Å². The SMILES string of the molecule is C=C1C[C@@]23C[C@]1(O)CC[C@@H]2[C@]12C=C[C@@H](O)[C@](C)(C(=O)O1)[C@@H]2[C@H]3C(=O)OC. The van der Waals surface area contributed by atoms with Crippen LogP contribution >= 0.6 is 0 Å². The van der Waals surface area contributed by atoms with Crippen molar-refractivity contribution in [1.82, 2.24) is 0 Å². The first kappa shape index (κ1) is 16.5. The van der Waals surface area contributed by atoms with Gasteiger partial charge in [-0.1, -0.05) is 12.7 Å². The van der Waals surface area contributed by atoms with Gasteiger partial charge in [-0.05, 0) is 49.7 Å². The fourth-order valence-corrected chi connectivity index (χ4v) is 7.24. The minimum Gasteiger partial charge on any atom is -0.469 e. The predicted molar refractivity (Wildman–Crippen MR) is 89.6 cm³/mol. The van der Waals surface area contributed by atoms with Crippen molar-refractivity contribution in [3.8, 4) is 0 Å². The van der Waals surface area contributed by atoms with E-state index in [1.54, 1.807) is 19.1 Å². The lowest BCUT2D eigenvalue weighted by Crippen LogP contribution is -2.50. The Morgan fingerprint density at radius 1 is 1.46 bits per heavy atom. The molecule has 1 saturated heterocycles. The second kappa shape index (κ2) is 4.42. The molecular formula is C20H24O6. The highest BCUT2D eigenvalue weighted by molar-refractivity contribution is 5.87. The van der Waals surface area contributed by atoms with E-state index in [0.717, 1.165) is 5.57 Å². The number of rotatable bonds is 1. The van der Waals surface area contributed by atoms with Gasteiger partial charge in [-0.2, -0.15) is 0 Å². The summed E-state index contributed by atoms with van der Waals surface area (Å²) >= 11 is 0. The van der Waals surface area contributed by atoms with E-state index in [1.165, 1.54) is 7.11 Å². The van der Waals surface area contributed by atoms with E-state index in [-0.39, 0.29) is 5.92 Å². The number of fused-ring (bicyclic) bond motifs is 1. The van der Waals surface area contributed by atoms with Gasteiger partial charge in [-0.25, -0.2) is 0 Å². The normalized spacial score (nSPS) is 56.2. The summed E-state index contributed by atoms with van der Waals surface area (Å²) < 4.78 is 11.1. The molecule has 0 aromatic heterocycles. The number of aliphatic hydroxyl groups is 2. The Balaban J connectivity index is 1.78. The van der Waals surface area contributed by atoms with Crippen molar-refractivity contribution in [2.24, 2.45) is 28.6 Å². The van der Waals surface area contributed by atoms with E-state index < -0.39 is 51.9 Å². The van der Waals surface area contributed by atoms with Crippen LogP contribution in [0.25, 0.3) is 0 Å². The molecule has 1 spiro atoms. The molecule has 140 valence electrons. The van der Waals surface area contributed by atoms with Crippen molar-refractivity contribution < 1.29 is 29.3 Å². The molecule has 6 nitrogen and oxygen atoms in total. The Morgan fingerprint density at radius 2 is 2.19 bits per heavy atom. The Labute approximate surface area is 151 Å². The Morgan fingerprint density at radius 3 is 2.88 bits per heavy atom. The van der Waals surface area contributed by atoms with Gasteiger partial charge in [0.1, 0.15) is 11.0 Å². The van der Waals surface area contributed by atoms with Gasteiger partial charge < -0.3 is 19.7 Å². The lowest BCUT2D eigenvalue weighted by atomic mass is 9.61. The van der Waals surface area contributed by atoms with E-state index in [4.69, 9.17) is 9.47 Å². The maximum atomic E-state index is 13.0. The first-order chi connectivity index (χ1) is 12.2. The minimum atomic E-state index is -1.19. The molecule has 0 amide bonds. The third-order valence-electron chi connectivity index (χ3n) is 8.31. The highest BCUT2D eigenvalue weighted by atomic mass is 16.6. The molecule has 2 N–H and O–H groups in total. The molecule has 0 radical (unpaired) electrons. The Hall–Kier alpha value is -1.66. The number of carbonyl (C=O) groups excluding carboxylic acids is 2. The Kier molecular flexibility index (Phi) is 2.81. The van der Waals surface area contributed by atoms with E-state index in [2.05, 4.69) is 6.58 Å². The summed E-state index contributed by atoms with van der Waals surface area (Å²) in [6, 6.07) is 0. The minimum absolute atomic E-state index is 0.0989. The predicted octanol–water partition coefficient (Wildman–Crippen LogP) is 1.12. The average Bonchev–Trinajstić information content (AvgIpc) is 3.02. The van der Waals surface area contributed by atoms with Crippen molar-refractivity contribution in [1.29, 1.82) is 0 Å². The van der Waals surface area contributed by atoms with Gasteiger partial charge in [0, 0.05) is 11.8 Å². The molecule has 3 saturated carbocycles. The second-order valence-electron chi connectivity index (χ2n) is 9.12. The summed E-state index contributed by atoms with van der Waals surface area (Å²) in [6.07, 6.45) is 4.56. The highest BCUT2D eigenvalue weighted by Crippen LogP contribution is 2.77. The Bertz CT molecular complexity index is 787. The van der Waals surface area contributed by atoms with Crippen LogP contribution in [0.4, 0.5) is 0 Å². The number of carbonyl (C=O) groups is 2. The summed E-state index contributed by atoms with van der Waals surface area (Å²) in [5.74, 6) is -2.08. The van der Waals surface area contributed by atoms with Crippen molar-refractivity contribution in [3.63, 3.8) is 0 Å².